The number of amides is 1. The van der Waals surface area contributed by atoms with E-state index in [2.05, 4.69) is 4.99 Å². The number of carbonyl (C=O) groups excluding carboxylic acids is 1. The molecule has 3 rings (SSSR count). The molecule has 2 aromatic rings. The number of rotatable bonds is 3. The van der Waals surface area contributed by atoms with Crippen molar-refractivity contribution < 1.29 is 22.7 Å². The van der Waals surface area contributed by atoms with Crippen molar-refractivity contribution in [2.24, 2.45) is 4.99 Å². The Morgan fingerprint density at radius 3 is 2.44 bits per heavy atom. The van der Waals surface area contributed by atoms with Crippen molar-refractivity contribution >= 4 is 17.3 Å². The van der Waals surface area contributed by atoms with Crippen LogP contribution in [-0.2, 0) is 4.79 Å². The highest BCUT2D eigenvalue weighted by Crippen LogP contribution is 2.30. The number of para-hydroxylation sites is 1. The van der Waals surface area contributed by atoms with Crippen LogP contribution in [0.5, 0.6) is 5.75 Å². The second-order valence-corrected chi connectivity index (χ2v) is 5.51. The Kier molecular flexibility index (Phi) is 4.48. The summed E-state index contributed by atoms with van der Waals surface area (Å²) in [5, 5.41) is 0. The number of hydrogen-bond donors (Lipinski definition) is 0. The SMILES string of the molecule is COc1ccc(C2=NCC(=O)N(CC(F)(F)F)c3ccccc32)cc1. The summed E-state index contributed by atoms with van der Waals surface area (Å²) in [4.78, 5) is 17.2. The number of benzene rings is 2. The van der Waals surface area contributed by atoms with E-state index in [1.165, 1.54) is 6.07 Å². The van der Waals surface area contributed by atoms with Gasteiger partial charge in [0, 0.05) is 11.1 Å². The Labute approximate surface area is 142 Å². The predicted octanol–water partition coefficient (Wildman–Crippen LogP) is 3.44. The number of methoxy groups -OCH3 is 1. The topological polar surface area (TPSA) is 41.9 Å². The van der Waals surface area contributed by atoms with Crippen molar-refractivity contribution in [1.82, 2.24) is 0 Å². The fourth-order valence-electron chi connectivity index (χ4n) is 2.71. The molecule has 1 heterocycles. The average molecular weight is 348 g/mol. The van der Waals surface area contributed by atoms with Crippen molar-refractivity contribution in [2.75, 3.05) is 25.1 Å². The third-order valence-electron chi connectivity index (χ3n) is 3.82. The Hall–Kier alpha value is -2.83. The quantitative estimate of drug-likeness (QED) is 0.853. The highest BCUT2D eigenvalue weighted by atomic mass is 19.4. The molecule has 0 radical (unpaired) electrons. The minimum atomic E-state index is -4.49. The van der Waals surface area contributed by atoms with Crippen molar-refractivity contribution in [3.8, 4) is 5.75 Å². The smallest absolute Gasteiger partial charge is 0.406 e. The summed E-state index contributed by atoms with van der Waals surface area (Å²) in [6.07, 6.45) is -4.49. The second kappa shape index (κ2) is 6.58. The van der Waals surface area contributed by atoms with Crippen LogP contribution in [-0.4, -0.2) is 38.0 Å². The van der Waals surface area contributed by atoms with Gasteiger partial charge in [-0.2, -0.15) is 13.2 Å². The first-order valence-corrected chi connectivity index (χ1v) is 7.54. The Morgan fingerprint density at radius 2 is 1.80 bits per heavy atom. The van der Waals surface area contributed by atoms with E-state index < -0.39 is 18.6 Å². The van der Waals surface area contributed by atoms with Gasteiger partial charge in [-0.05, 0) is 30.3 Å². The molecule has 4 nitrogen and oxygen atoms in total. The van der Waals surface area contributed by atoms with E-state index in [9.17, 15) is 18.0 Å². The van der Waals surface area contributed by atoms with Gasteiger partial charge in [-0.15, -0.1) is 0 Å². The average Bonchev–Trinajstić information content (AvgIpc) is 2.72. The second-order valence-electron chi connectivity index (χ2n) is 5.51. The molecule has 0 fully saturated rings. The van der Waals surface area contributed by atoms with Crippen molar-refractivity contribution in [3.63, 3.8) is 0 Å². The van der Waals surface area contributed by atoms with Crippen LogP contribution in [0.25, 0.3) is 0 Å². The molecule has 1 aliphatic heterocycles. The molecule has 1 aliphatic rings. The standard InChI is InChI=1S/C18H15F3N2O2/c1-25-13-8-6-12(7-9-13)17-14-4-2-3-5-15(14)23(11-18(19,20)21)16(24)10-22-17/h2-9H,10-11H2,1H3. The van der Waals surface area contributed by atoms with Gasteiger partial charge in [-0.25, -0.2) is 0 Å². The molecule has 0 unspecified atom stereocenters. The molecule has 0 aliphatic carbocycles. The summed E-state index contributed by atoms with van der Waals surface area (Å²) < 4.78 is 43.8. The third kappa shape index (κ3) is 3.65. The van der Waals surface area contributed by atoms with Crippen LogP contribution in [0.15, 0.2) is 53.5 Å². The number of anilines is 1. The first kappa shape index (κ1) is 17.0. The first-order chi connectivity index (χ1) is 11.9. The highest BCUT2D eigenvalue weighted by molar-refractivity contribution is 6.19. The number of hydrogen-bond acceptors (Lipinski definition) is 3. The van der Waals surface area contributed by atoms with Gasteiger partial charge >= 0.3 is 6.18 Å². The molecule has 0 saturated heterocycles. The number of aliphatic imine (C=N–C) groups is 1. The summed E-state index contributed by atoms with van der Waals surface area (Å²) in [5.41, 5.74) is 1.88. The van der Waals surface area contributed by atoms with Crippen LogP contribution in [0.4, 0.5) is 18.9 Å². The summed E-state index contributed by atoms with van der Waals surface area (Å²) in [6, 6.07) is 13.5. The van der Waals surface area contributed by atoms with Gasteiger partial charge in [0.2, 0.25) is 5.91 Å². The molecule has 2 aromatic carbocycles. The maximum Gasteiger partial charge on any atom is 0.406 e. The summed E-state index contributed by atoms with van der Waals surface area (Å²) in [6.45, 7) is -1.68. The minimum absolute atomic E-state index is 0.205. The van der Waals surface area contributed by atoms with Crippen LogP contribution in [0, 0.1) is 0 Å². The Balaban J connectivity index is 2.08. The van der Waals surface area contributed by atoms with Gasteiger partial charge in [0.25, 0.3) is 0 Å². The summed E-state index contributed by atoms with van der Waals surface area (Å²) >= 11 is 0. The Bertz CT molecular complexity index is 814. The Morgan fingerprint density at radius 1 is 1.12 bits per heavy atom. The van der Waals surface area contributed by atoms with Crippen LogP contribution >= 0.6 is 0 Å². The van der Waals surface area contributed by atoms with Gasteiger partial charge in [0.05, 0.1) is 18.5 Å². The molecule has 0 N–H and O–H groups in total. The van der Waals surface area contributed by atoms with Crippen molar-refractivity contribution in [2.45, 2.75) is 6.18 Å². The zero-order valence-corrected chi connectivity index (χ0v) is 13.4. The van der Waals surface area contributed by atoms with E-state index >= 15 is 0 Å². The number of halogens is 3. The first-order valence-electron chi connectivity index (χ1n) is 7.54. The lowest BCUT2D eigenvalue weighted by molar-refractivity contribution is -0.131. The molecular formula is C18H15F3N2O2. The highest BCUT2D eigenvalue weighted by Gasteiger charge is 2.36. The number of carbonyl (C=O) groups is 1. The molecule has 130 valence electrons. The lowest BCUT2D eigenvalue weighted by Gasteiger charge is -2.24. The van der Waals surface area contributed by atoms with E-state index in [0.717, 1.165) is 4.90 Å². The lowest BCUT2D eigenvalue weighted by atomic mass is 10.00. The van der Waals surface area contributed by atoms with Crippen LogP contribution in [0.1, 0.15) is 11.1 Å². The zero-order chi connectivity index (χ0) is 18.0. The molecular weight excluding hydrogens is 333 g/mol. The summed E-state index contributed by atoms with van der Waals surface area (Å²) in [7, 11) is 1.54. The molecule has 0 aromatic heterocycles. The summed E-state index contributed by atoms with van der Waals surface area (Å²) in [5.74, 6) is -0.0330. The normalized spacial score (nSPS) is 14.6. The fourth-order valence-corrected chi connectivity index (χ4v) is 2.71. The number of ether oxygens (including phenoxy) is 1. The van der Waals surface area contributed by atoms with Gasteiger partial charge in [-0.3, -0.25) is 9.79 Å². The van der Waals surface area contributed by atoms with E-state index in [0.29, 0.717) is 22.6 Å². The van der Waals surface area contributed by atoms with Crippen LogP contribution in [0.3, 0.4) is 0 Å². The molecule has 0 atom stereocenters. The minimum Gasteiger partial charge on any atom is -0.497 e. The monoisotopic (exact) mass is 348 g/mol. The van der Waals surface area contributed by atoms with Crippen molar-refractivity contribution in [3.05, 3.63) is 59.7 Å². The van der Waals surface area contributed by atoms with E-state index in [1.54, 1.807) is 49.6 Å². The number of benzodiazepines with no additional fused rings is 1. The van der Waals surface area contributed by atoms with E-state index in [4.69, 9.17) is 4.74 Å². The molecule has 0 bridgehead atoms. The molecule has 25 heavy (non-hydrogen) atoms. The van der Waals surface area contributed by atoms with Crippen LogP contribution in [0.2, 0.25) is 0 Å². The molecule has 1 amide bonds. The molecule has 0 saturated carbocycles. The number of fused-ring (bicyclic) bond motifs is 1. The largest absolute Gasteiger partial charge is 0.497 e. The maximum absolute atomic E-state index is 12.9. The predicted molar refractivity (Wildman–Crippen MR) is 88.4 cm³/mol. The molecule has 7 heteroatoms. The zero-order valence-electron chi connectivity index (χ0n) is 13.4. The van der Waals surface area contributed by atoms with Crippen molar-refractivity contribution in [1.29, 1.82) is 0 Å². The maximum atomic E-state index is 12.9. The molecule has 0 spiro atoms. The fraction of sp³-hybridized carbons (Fsp3) is 0.222. The van der Waals surface area contributed by atoms with Gasteiger partial charge < -0.3 is 9.64 Å². The van der Waals surface area contributed by atoms with Gasteiger partial charge in [0.1, 0.15) is 18.8 Å². The number of nitrogens with zero attached hydrogens (tertiary/aromatic N) is 2. The van der Waals surface area contributed by atoms with E-state index in [1.807, 2.05) is 0 Å². The van der Waals surface area contributed by atoms with Gasteiger partial charge in [0.15, 0.2) is 0 Å². The third-order valence-corrected chi connectivity index (χ3v) is 3.82. The number of alkyl halides is 3. The van der Waals surface area contributed by atoms with Gasteiger partial charge in [-0.1, -0.05) is 18.2 Å². The van der Waals surface area contributed by atoms with Crippen LogP contribution < -0.4 is 9.64 Å². The van der Waals surface area contributed by atoms with E-state index in [-0.39, 0.29) is 12.2 Å². The lowest BCUT2D eigenvalue weighted by Crippen LogP contribution is -2.40.